The topological polar surface area (TPSA) is 69.6 Å². The molecule has 3 atom stereocenters. The Bertz CT molecular complexity index is 785. The highest BCUT2D eigenvalue weighted by Crippen LogP contribution is 2.34. The average Bonchev–Trinajstić information content (AvgIpc) is 3.03. The average molecular weight is 479 g/mol. The van der Waals surface area contributed by atoms with Crippen molar-refractivity contribution in [3.63, 3.8) is 0 Å². The van der Waals surface area contributed by atoms with Crippen molar-refractivity contribution in [3.05, 3.63) is 48.0 Å². The Hall–Kier alpha value is -2.28. The summed E-state index contributed by atoms with van der Waals surface area (Å²) in [7, 11) is 0. The van der Waals surface area contributed by atoms with E-state index in [0.29, 0.717) is 19.4 Å². The van der Waals surface area contributed by atoms with Crippen LogP contribution in [0, 0.1) is 5.92 Å². The number of benzene rings is 1. The lowest BCUT2D eigenvalue weighted by molar-refractivity contribution is -0.148. The normalized spacial score (nSPS) is 19.5. The van der Waals surface area contributed by atoms with Crippen molar-refractivity contribution in [3.8, 4) is 0 Å². The van der Waals surface area contributed by atoms with Crippen molar-refractivity contribution in [2.75, 3.05) is 13.1 Å². The number of carbonyl (C=O) groups excluding carboxylic acids is 2. The van der Waals surface area contributed by atoms with Crippen LogP contribution in [0.4, 0.5) is 8.78 Å². The largest absolute Gasteiger partial charge is 0.389 e. The first-order chi connectivity index (χ1) is 16.2. The van der Waals surface area contributed by atoms with Crippen molar-refractivity contribution in [2.24, 2.45) is 5.92 Å². The number of nitrogens with zero attached hydrogens (tertiary/aromatic N) is 1. The highest BCUT2D eigenvalue weighted by molar-refractivity contribution is 5.86. The quantitative estimate of drug-likeness (QED) is 0.279. The van der Waals surface area contributed by atoms with E-state index in [9.17, 15) is 23.5 Å². The lowest BCUT2D eigenvalue weighted by Gasteiger charge is -2.22. The van der Waals surface area contributed by atoms with Gasteiger partial charge in [-0.05, 0) is 50.5 Å². The number of nitrogens with one attached hydrogen (secondary N) is 1. The van der Waals surface area contributed by atoms with Crippen LogP contribution in [0.25, 0.3) is 0 Å². The number of unbranched alkanes of at least 4 members (excludes halogenated alkanes) is 3. The number of alkyl halides is 2. The minimum absolute atomic E-state index is 0.00376. The Labute approximate surface area is 202 Å². The van der Waals surface area contributed by atoms with Gasteiger partial charge in [-0.25, -0.2) is 0 Å². The van der Waals surface area contributed by atoms with Gasteiger partial charge in [-0.15, -0.1) is 0 Å². The van der Waals surface area contributed by atoms with E-state index in [1.165, 1.54) is 10.5 Å². The standard InChI is InChI=1S/C27H40F2N2O3/c1-3-30-25(33)16-9-4-5-10-19-31-23(20-27(28,29)26(31)34)17-18-24(32)21(2)12-11-15-22-13-7-6-8-14-22/h6-8,13-14,17-18,21,23-24,32H,3-5,9-12,15-16,19-20H2,1-2H3,(H,30,33)/t21-,23-,24+/m0/s1. The molecule has 1 aliphatic heterocycles. The zero-order valence-corrected chi connectivity index (χ0v) is 20.5. The van der Waals surface area contributed by atoms with Gasteiger partial charge in [-0.3, -0.25) is 9.59 Å². The Morgan fingerprint density at radius 3 is 2.62 bits per heavy atom. The molecule has 0 spiro atoms. The van der Waals surface area contributed by atoms with Gasteiger partial charge >= 0.3 is 5.92 Å². The second-order valence-corrected chi connectivity index (χ2v) is 9.32. The molecule has 0 unspecified atom stereocenters. The molecule has 1 saturated heterocycles. The zero-order valence-electron chi connectivity index (χ0n) is 20.5. The maximum atomic E-state index is 14.1. The van der Waals surface area contributed by atoms with Crippen molar-refractivity contribution in [1.82, 2.24) is 10.2 Å². The van der Waals surface area contributed by atoms with E-state index >= 15 is 0 Å². The van der Waals surface area contributed by atoms with Gasteiger partial charge in [0.2, 0.25) is 5.91 Å². The van der Waals surface area contributed by atoms with Crippen LogP contribution in [-0.4, -0.2) is 53.0 Å². The number of carbonyl (C=O) groups is 2. The number of halogens is 2. The molecular formula is C27H40F2N2O3. The van der Waals surface area contributed by atoms with Gasteiger partial charge in [0.1, 0.15) is 0 Å². The fourth-order valence-corrected chi connectivity index (χ4v) is 4.34. The molecule has 2 amide bonds. The van der Waals surface area contributed by atoms with E-state index in [2.05, 4.69) is 17.4 Å². The summed E-state index contributed by atoms with van der Waals surface area (Å²) in [4.78, 5) is 24.9. The molecule has 2 rings (SSSR count). The Balaban J connectivity index is 1.78. The maximum absolute atomic E-state index is 14.1. The number of aliphatic hydroxyl groups is 1. The summed E-state index contributed by atoms with van der Waals surface area (Å²) in [6, 6.07) is 9.45. The molecule has 0 radical (unpaired) electrons. The smallest absolute Gasteiger partial charge is 0.327 e. The van der Waals surface area contributed by atoms with Crippen molar-refractivity contribution >= 4 is 11.8 Å². The molecule has 2 N–H and O–H groups in total. The molecule has 1 fully saturated rings. The van der Waals surface area contributed by atoms with Crippen LogP contribution in [0.5, 0.6) is 0 Å². The van der Waals surface area contributed by atoms with Gasteiger partial charge in [-0.1, -0.05) is 62.2 Å². The van der Waals surface area contributed by atoms with Crippen LogP contribution in [-0.2, 0) is 16.0 Å². The first kappa shape index (κ1) is 28.0. The predicted octanol–water partition coefficient (Wildman–Crippen LogP) is 4.89. The van der Waals surface area contributed by atoms with Crippen LogP contribution >= 0.6 is 0 Å². The summed E-state index contributed by atoms with van der Waals surface area (Å²) in [5, 5.41) is 13.3. The van der Waals surface area contributed by atoms with E-state index in [-0.39, 0.29) is 18.4 Å². The molecule has 5 nitrogen and oxygen atoms in total. The third-order valence-electron chi connectivity index (χ3n) is 6.45. The highest BCUT2D eigenvalue weighted by Gasteiger charge is 2.52. The number of aliphatic hydroxyl groups excluding tert-OH is 1. The van der Waals surface area contributed by atoms with Crippen molar-refractivity contribution in [1.29, 1.82) is 0 Å². The summed E-state index contributed by atoms with van der Waals surface area (Å²) in [5.41, 5.74) is 1.26. The molecule has 1 aromatic rings. The van der Waals surface area contributed by atoms with Crippen molar-refractivity contribution in [2.45, 2.75) is 89.7 Å². The van der Waals surface area contributed by atoms with Crippen LogP contribution in [0.2, 0.25) is 0 Å². The molecule has 1 aromatic carbocycles. The third kappa shape index (κ3) is 9.16. The Morgan fingerprint density at radius 1 is 1.21 bits per heavy atom. The number of hydrogen-bond donors (Lipinski definition) is 2. The van der Waals surface area contributed by atoms with E-state index in [1.54, 1.807) is 12.2 Å². The predicted molar refractivity (Wildman–Crippen MR) is 131 cm³/mol. The first-order valence-corrected chi connectivity index (χ1v) is 12.6. The minimum atomic E-state index is -3.36. The molecule has 0 aliphatic carbocycles. The van der Waals surface area contributed by atoms with E-state index in [4.69, 9.17) is 0 Å². The molecular weight excluding hydrogens is 438 g/mol. The fraction of sp³-hybridized carbons (Fsp3) is 0.630. The van der Waals surface area contributed by atoms with Crippen LogP contribution < -0.4 is 5.32 Å². The summed E-state index contributed by atoms with van der Waals surface area (Å²) >= 11 is 0. The number of aryl methyl sites for hydroxylation is 1. The highest BCUT2D eigenvalue weighted by atomic mass is 19.3. The molecule has 1 aliphatic rings. The second kappa shape index (κ2) is 14.2. The summed E-state index contributed by atoms with van der Waals surface area (Å²) in [6.45, 7) is 4.69. The van der Waals surface area contributed by atoms with Crippen molar-refractivity contribution < 1.29 is 23.5 Å². The van der Waals surface area contributed by atoms with Crippen LogP contribution in [0.3, 0.4) is 0 Å². The van der Waals surface area contributed by atoms with Gasteiger partial charge in [0.25, 0.3) is 5.91 Å². The van der Waals surface area contributed by atoms with E-state index in [1.807, 2.05) is 32.0 Å². The Kier molecular flexibility index (Phi) is 11.7. The monoisotopic (exact) mass is 478 g/mol. The summed E-state index contributed by atoms with van der Waals surface area (Å²) in [5.74, 6) is -4.47. The van der Waals surface area contributed by atoms with E-state index < -0.39 is 30.4 Å². The number of hydrogen-bond acceptors (Lipinski definition) is 3. The third-order valence-corrected chi connectivity index (χ3v) is 6.45. The maximum Gasteiger partial charge on any atom is 0.327 e. The molecule has 34 heavy (non-hydrogen) atoms. The molecule has 0 bridgehead atoms. The lowest BCUT2D eigenvalue weighted by Crippen LogP contribution is -2.36. The molecule has 0 saturated carbocycles. The summed E-state index contributed by atoms with van der Waals surface area (Å²) < 4.78 is 28.2. The van der Waals surface area contributed by atoms with Gasteiger partial charge in [0.05, 0.1) is 12.1 Å². The second-order valence-electron chi connectivity index (χ2n) is 9.32. The number of likely N-dealkylation sites (tertiary alicyclic amines) is 1. The molecule has 1 heterocycles. The lowest BCUT2D eigenvalue weighted by atomic mass is 9.95. The first-order valence-electron chi connectivity index (χ1n) is 12.6. The van der Waals surface area contributed by atoms with Gasteiger partial charge in [0.15, 0.2) is 0 Å². The van der Waals surface area contributed by atoms with Gasteiger partial charge in [0, 0.05) is 25.9 Å². The minimum Gasteiger partial charge on any atom is -0.389 e. The Morgan fingerprint density at radius 2 is 1.91 bits per heavy atom. The number of rotatable bonds is 15. The van der Waals surface area contributed by atoms with Crippen LogP contribution in [0.1, 0.15) is 70.8 Å². The molecule has 190 valence electrons. The van der Waals surface area contributed by atoms with Gasteiger partial charge < -0.3 is 15.3 Å². The molecule has 0 aromatic heterocycles. The number of amides is 2. The SMILES string of the molecule is CCNC(=O)CCCCCCN1C(=O)C(F)(F)C[C@@H]1C=C[C@@H](O)[C@@H](C)CCCc1ccccc1. The zero-order chi connectivity index (χ0) is 25.0. The van der Waals surface area contributed by atoms with Gasteiger partial charge in [-0.2, -0.15) is 8.78 Å². The van der Waals surface area contributed by atoms with Crippen LogP contribution in [0.15, 0.2) is 42.5 Å². The van der Waals surface area contributed by atoms with E-state index in [0.717, 1.165) is 38.5 Å². The molecule has 7 heteroatoms. The summed E-state index contributed by atoms with van der Waals surface area (Å²) in [6.07, 6.45) is 7.95. The fourth-order valence-electron chi connectivity index (χ4n) is 4.34.